The van der Waals surface area contributed by atoms with Gasteiger partial charge in [0.1, 0.15) is 5.76 Å². The topological polar surface area (TPSA) is 81.4 Å². The average molecular weight is 364 g/mol. The van der Waals surface area contributed by atoms with Crippen LogP contribution in [-0.4, -0.2) is 24.0 Å². The quantitative estimate of drug-likeness (QED) is 0.694. The predicted octanol–water partition coefficient (Wildman–Crippen LogP) is 3.93. The van der Waals surface area contributed by atoms with Crippen LogP contribution in [0, 0.1) is 13.8 Å². The van der Waals surface area contributed by atoms with Crippen molar-refractivity contribution in [1.29, 1.82) is 0 Å². The van der Waals surface area contributed by atoms with E-state index >= 15 is 0 Å². The van der Waals surface area contributed by atoms with E-state index in [1.807, 2.05) is 31.2 Å². The van der Waals surface area contributed by atoms with E-state index in [-0.39, 0.29) is 12.3 Å². The van der Waals surface area contributed by atoms with Crippen LogP contribution >= 0.6 is 0 Å². The molecule has 3 aromatic rings. The molecule has 0 fully saturated rings. The number of amides is 1. The van der Waals surface area contributed by atoms with E-state index in [2.05, 4.69) is 15.0 Å². The fourth-order valence-electron chi connectivity index (χ4n) is 2.66. The Morgan fingerprint density at radius 1 is 1.11 bits per heavy atom. The number of rotatable bonds is 5. The highest BCUT2D eigenvalue weighted by atomic mass is 16.5. The van der Waals surface area contributed by atoms with E-state index in [1.54, 1.807) is 31.2 Å². The number of nitrogens with zero attached hydrogens (tertiary/aromatic N) is 1. The standard InChI is InChI=1S/C21H20N2O4/c1-13-5-4-6-16(11-13)20-23-18(14(2)27-20)12-19(24)22-17-9-7-15(8-10-17)21(25)26-3/h4-11H,12H2,1-3H3,(H,22,24). The molecule has 1 N–H and O–H groups in total. The number of anilines is 1. The number of aryl methyl sites for hydroxylation is 2. The summed E-state index contributed by atoms with van der Waals surface area (Å²) in [5.74, 6) is 0.479. The molecule has 0 saturated heterocycles. The molecule has 0 atom stereocenters. The number of carbonyl (C=O) groups is 2. The number of hydrogen-bond donors (Lipinski definition) is 1. The van der Waals surface area contributed by atoms with Crippen molar-refractivity contribution in [3.63, 3.8) is 0 Å². The van der Waals surface area contributed by atoms with E-state index in [0.717, 1.165) is 11.1 Å². The van der Waals surface area contributed by atoms with Crippen molar-refractivity contribution >= 4 is 17.6 Å². The number of nitrogens with one attached hydrogen (secondary N) is 1. The largest absolute Gasteiger partial charge is 0.465 e. The van der Waals surface area contributed by atoms with Crippen molar-refractivity contribution in [1.82, 2.24) is 4.98 Å². The fraction of sp³-hybridized carbons (Fsp3) is 0.190. The van der Waals surface area contributed by atoms with Gasteiger partial charge in [0.2, 0.25) is 11.8 Å². The monoisotopic (exact) mass is 364 g/mol. The van der Waals surface area contributed by atoms with Gasteiger partial charge in [-0.1, -0.05) is 17.7 Å². The molecule has 0 bridgehead atoms. The lowest BCUT2D eigenvalue weighted by Crippen LogP contribution is -2.15. The number of aromatic nitrogens is 1. The first kappa shape index (κ1) is 18.4. The molecular weight excluding hydrogens is 344 g/mol. The van der Waals surface area contributed by atoms with Crippen LogP contribution in [-0.2, 0) is 16.0 Å². The van der Waals surface area contributed by atoms with Crippen LogP contribution < -0.4 is 5.32 Å². The van der Waals surface area contributed by atoms with Gasteiger partial charge in [-0.3, -0.25) is 4.79 Å². The third kappa shape index (κ3) is 4.41. The van der Waals surface area contributed by atoms with Crippen molar-refractivity contribution in [2.24, 2.45) is 0 Å². The summed E-state index contributed by atoms with van der Waals surface area (Å²) in [6.07, 6.45) is 0.0971. The van der Waals surface area contributed by atoms with Crippen molar-refractivity contribution in [3.05, 3.63) is 71.1 Å². The zero-order valence-corrected chi connectivity index (χ0v) is 15.4. The average Bonchev–Trinajstić information content (AvgIpc) is 3.02. The molecule has 0 aliphatic rings. The van der Waals surface area contributed by atoms with Crippen molar-refractivity contribution in [2.45, 2.75) is 20.3 Å². The fourth-order valence-corrected chi connectivity index (χ4v) is 2.66. The van der Waals surface area contributed by atoms with Crippen LogP contribution in [0.1, 0.15) is 27.4 Å². The summed E-state index contributed by atoms with van der Waals surface area (Å²) in [5, 5.41) is 2.79. The maximum absolute atomic E-state index is 12.3. The Labute approximate surface area is 157 Å². The Kier molecular flexibility index (Phi) is 5.35. The lowest BCUT2D eigenvalue weighted by molar-refractivity contribution is -0.115. The number of hydrogen-bond acceptors (Lipinski definition) is 5. The van der Waals surface area contributed by atoms with Gasteiger partial charge in [-0.05, 0) is 50.2 Å². The molecule has 27 heavy (non-hydrogen) atoms. The minimum atomic E-state index is -0.422. The van der Waals surface area contributed by atoms with Gasteiger partial charge in [0, 0.05) is 11.3 Å². The van der Waals surface area contributed by atoms with Crippen molar-refractivity contribution in [3.8, 4) is 11.5 Å². The summed E-state index contributed by atoms with van der Waals surface area (Å²) in [4.78, 5) is 28.2. The van der Waals surface area contributed by atoms with Crippen LogP contribution in [0.3, 0.4) is 0 Å². The van der Waals surface area contributed by atoms with Crippen LogP contribution in [0.2, 0.25) is 0 Å². The van der Waals surface area contributed by atoms with Gasteiger partial charge in [-0.15, -0.1) is 0 Å². The third-order valence-corrected chi connectivity index (χ3v) is 4.08. The first-order chi connectivity index (χ1) is 13.0. The number of esters is 1. The molecule has 1 heterocycles. The lowest BCUT2D eigenvalue weighted by Gasteiger charge is -2.05. The normalized spacial score (nSPS) is 10.5. The molecule has 1 amide bonds. The second kappa shape index (κ2) is 7.86. The van der Waals surface area contributed by atoms with Gasteiger partial charge >= 0.3 is 5.97 Å². The highest BCUT2D eigenvalue weighted by Crippen LogP contribution is 2.23. The molecule has 2 aromatic carbocycles. The molecule has 0 unspecified atom stereocenters. The third-order valence-electron chi connectivity index (χ3n) is 4.08. The second-order valence-corrected chi connectivity index (χ2v) is 6.19. The van der Waals surface area contributed by atoms with Gasteiger partial charge in [0.15, 0.2) is 0 Å². The minimum absolute atomic E-state index is 0.0971. The van der Waals surface area contributed by atoms with Gasteiger partial charge in [0.25, 0.3) is 0 Å². The molecule has 6 nitrogen and oxygen atoms in total. The van der Waals surface area contributed by atoms with Gasteiger partial charge in [0.05, 0.1) is 24.8 Å². The number of oxazole rings is 1. The summed E-state index contributed by atoms with van der Waals surface area (Å²) in [5.41, 5.74) is 3.59. The molecule has 0 aliphatic carbocycles. The molecule has 138 valence electrons. The van der Waals surface area contributed by atoms with E-state index in [0.29, 0.717) is 28.6 Å². The van der Waals surface area contributed by atoms with Gasteiger partial charge in [-0.2, -0.15) is 0 Å². The summed E-state index contributed by atoms with van der Waals surface area (Å²) < 4.78 is 10.4. The van der Waals surface area contributed by atoms with Crippen LogP contribution in [0.25, 0.3) is 11.5 Å². The molecule has 0 spiro atoms. The SMILES string of the molecule is COC(=O)c1ccc(NC(=O)Cc2nc(-c3cccc(C)c3)oc2C)cc1. The summed E-state index contributed by atoms with van der Waals surface area (Å²) >= 11 is 0. The Morgan fingerprint density at radius 3 is 2.52 bits per heavy atom. The molecular formula is C21H20N2O4. The van der Waals surface area contributed by atoms with Gasteiger partial charge < -0.3 is 14.5 Å². The summed E-state index contributed by atoms with van der Waals surface area (Å²) in [6, 6.07) is 14.3. The number of carbonyl (C=O) groups excluding carboxylic acids is 2. The predicted molar refractivity (Wildman–Crippen MR) is 102 cm³/mol. The zero-order chi connectivity index (χ0) is 19.4. The van der Waals surface area contributed by atoms with Crippen LogP contribution in [0.15, 0.2) is 52.9 Å². The second-order valence-electron chi connectivity index (χ2n) is 6.19. The van der Waals surface area contributed by atoms with E-state index in [9.17, 15) is 9.59 Å². The van der Waals surface area contributed by atoms with E-state index in [1.165, 1.54) is 7.11 Å². The summed E-state index contributed by atoms with van der Waals surface area (Å²) in [7, 11) is 1.32. The van der Waals surface area contributed by atoms with Crippen LogP contribution in [0.4, 0.5) is 5.69 Å². The minimum Gasteiger partial charge on any atom is -0.465 e. The maximum Gasteiger partial charge on any atom is 0.337 e. The number of methoxy groups -OCH3 is 1. The molecule has 1 aromatic heterocycles. The summed E-state index contributed by atoms with van der Waals surface area (Å²) in [6.45, 7) is 3.79. The van der Waals surface area contributed by atoms with E-state index in [4.69, 9.17) is 4.42 Å². The molecule has 6 heteroatoms. The first-order valence-electron chi connectivity index (χ1n) is 8.48. The zero-order valence-electron chi connectivity index (χ0n) is 15.4. The highest BCUT2D eigenvalue weighted by Gasteiger charge is 2.15. The highest BCUT2D eigenvalue weighted by molar-refractivity contribution is 5.93. The Bertz CT molecular complexity index is 974. The molecule has 0 aliphatic heterocycles. The van der Waals surface area contributed by atoms with E-state index < -0.39 is 5.97 Å². The van der Waals surface area contributed by atoms with Gasteiger partial charge in [-0.25, -0.2) is 9.78 Å². The van der Waals surface area contributed by atoms with Crippen LogP contribution in [0.5, 0.6) is 0 Å². The Balaban J connectivity index is 1.68. The molecule has 0 radical (unpaired) electrons. The number of ether oxygens (including phenoxy) is 1. The van der Waals surface area contributed by atoms with Crippen molar-refractivity contribution < 1.29 is 18.7 Å². The lowest BCUT2D eigenvalue weighted by atomic mass is 10.1. The first-order valence-corrected chi connectivity index (χ1v) is 8.48. The number of benzene rings is 2. The smallest absolute Gasteiger partial charge is 0.337 e. The Hall–Kier alpha value is -3.41. The molecule has 0 saturated carbocycles. The Morgan fingerprint density at radius 2 is 1.85 bits per heavy atom. The molecule has 3 rings (SSSR count). The maximum atomic E-state index is 12.3. The van der Waals surface area contributed by atoms with Crippen molar-refractivity contribution in [2.75, 3.05) is 12.4 Å².